The molecular formula is C9H13ClN2O2. The van der Waals surface area contributed by atoms with Gasteiger partial charge in [0.05, 0.1) is 5.69 Å². The van der Waals surface area contributed by atoms with Crippen molar-refractivity contribution in [3.63, 3.8) is 0 Å². The van der Waals surface area contributed by atoms with Crippen LogP contribution in [-0.2, 0) is 0 Å². The molecule has 1 aromatic heterocycles. The number of hydrogen-bond acceptors (Lipinski definition) is 3. The maximum absolute atomic E-state index is 11.5. The normalized spacial score (nSPS) is 12.6. The highest BCUT2D eigenvalue weighted by Crippen LogP contribution is 2.19. The first-order chi connectivity index (χ1) is 6.56. The molecule has 0 aliphatic heterocycles. The van der Waals surface area contributed by atoms with Gasteiger partial charge in [-0.2, -0.15) is 0 Å². The number of rotatable bonds is 3. The molecule has 1 N–H and O–H groups in total. The molecular weight excluding hydrogens is 204 g/mol. The average molecular weight is 217 g/mol. The van der Waals surface area contributed by atoms with Crippen LogP contribution in [0.4, 0.5) is 0 Å². The molecule has 78 valence electrons. The Kier molecular flexibility index (Phi) is 3.52. The Balaban J connectivity index is 2.75. The summed E-state index contributed by atoms with van der Waals surface area (Å²) in [5.74, 6) is -0.227. The second-order valence-corrected chi connectivity index (χ2v) is 3.57. The Morgan fingerprint density at radius 3 is 2.79 bits per heavy atom. The van der Waals surface area contributed by atoms with Crippen molar-refractivity contribution in [2.75, 3.05) is 0 Å². The molecule has 14 heavy (non-hydrogen) atoms. The summed E-state index contributed by atoms with van der Waals surface area (Å²) in [6, 6.07) is 0.101. The number of nitrogens with zero attached hydrogens (tertiary/aromatic N) is 1. The Morgan fingerprint density at radius 1 is 1.71 bits per heavy atom. The SMILES string of the molecule is CCC(C)NC(=O)c1onc(C)c1Cl. The largest absolute Gasteiger partial charge is 0.349 e. The Labute approximate surface area is 87.6 Å². The van der Waals surface area contributed by atoms with Gasteiger partial charge in [-0.25, -0.2) is 0 Å². The highest BCUT2D eigenvalue weighted by molar-refractivity contribution is 6.33. The minimum Gasteiger partial charge on any atom is -0.349 e. The van der Waals surface area contributed by atoms with Gasteiger partial charge in [0.25, 0.3) is 5.91 Å². The minimum absolute atomic E-state index is 0.0875. The van der Waals surface area contributed by atoms with Gasteiger partial charge in [0.2, 0.25) is 5.76 Å². The zero-order valence-corrected chi connectivity index (χ0v) is 9.18. The molecule has 1 aromatic rings. The van der Waals surface area contributed by atoms with E-state index >= 15 is 0 Å². The smallest absolute Gasteiger partial charge is 0.291 e. The van der Waals surface area contributed by atoms with Gasteiger partial charge in [-0.15, -0.1) is 0 Å². The quantitative estimate of drug-likeness (QED) is 0.843. The summed E-state index contributed by atoms with van der Waals surface area (Å²) < 4.78 is 4.81. The molecule has 1 atom stereocenters. The molecule has 0 aromatic carbocycles. The van der Waals surface area contributed by atoms with Crippen LogP contribution in [0.1, 0.15) is 36.5 Å². The van der Waals surface area contributed by atoms with E-state index < -0.39 is 0 Å². The van der Waals surface area contributed by atoms with E-state index in [0.717, 1.165) is 6.42 Å². The third kappa shape index (κ3) is 2.26. The maximum Gasteiger partial charge on any atom is 0.291 e. The van der Waals surface area contributed by atoms with Gasteiger partial charge in [0.1, 0.15) is 5.02 Å². The lowest BCUT2D eigenvalue weighted by Gasteiger charge is -2.08. The number of amides is 1. The summed E-state index contributed by atoms with van der Waals surface area (Å²) in [6.07, 6.45) is 0.858. The van der Waals surface area contributed by atoms with Crippen LogP contribution in [-0.4, -0.2) is 17.1 Å². The van der Waals surface area contributed by atoms with Crippen LogP contribution >= 0.6 is 11.6 Å². The van der Waals surface area contributed by atoms with E-state index in [2.05, 4.69) is 10.5 Å². The number of carbonyl (C=O) groups excluding carboxylic acids is 1. The molecule has 1 amide bonds. The zero-order chi connectivity index (χ0) is 10.7. The maximum atomic E-state index is 11.5. The number of aryl methyl sites for hydroxylation is 1. The molecule has 4 nitrogen and oxygen atoms in total. The third-order valence-corrected chi connectivity index (χ3v) is 2.43. The lowest BCUT2D eigenvalue weighted by atomic mass is 10.2. The third-order valence-electron chi connectivity index (χ3n) is 1.99. The second-order valence-electron chi connectivity index (χ2n) is 3.19. The van der Waals surface area contributed by atoms with Gasteiger partial charge < -0.3 is 9.84 Å². The number of hydrogen-bond donors (Lipinski definition) is 1. The van der Waals surface area contributed by atoms with Gasteiger partial charge >= 0.3 is 0 Å². The van der Waals surface area contributed by atoms with Gasteiger partial charge in [-0.1, -0.05) is 23.7 Å². The number of aromatic nitrogens is 1. The summed E-state index contributed by atoms with van der Waals surface area (Å²) in [4.78, 5) is 11.5. The summed E-state index contributed by atoms with van der Waals surface area (Å²) in [5, 5.41) is 6.63. The Bertz CT molecular complexity index is 336. The Morgan fingerprint density at radius 2 is 2.36 bits per heavy atom. The van der Waals surface area contributed by atoms with Gasteiger partial charge in [0.15, 0.2) is 0 Å². The van der Waals surface area contributed by atoms with Crippen LogP contribution in [0.25, 0.3) is 0 Å². The van der Waals surface area contributed by atoms with Crippen molar-refractivity contribution in [1.82, 2.24) is 10.5 Å². The lowest BCUT2D eigenvalue weighted by molar-refractivity contribution is 0.0902. The van der Waals surface area contributed by atoms with Crippen LogP contribution < -0.4 is 5.32 Å². The van der Waals surface area contributed by atoms with Crippen molar-refractivity contribution < 1.29 is 9.32 Å². The molecule has 0 saturated carbocycles. The first-order valence-electron chi connectivity index (χ1n) is 4.48. The van der Waals surface area contributed by atoms with Crippen LogP contribution in [0.15, 0.2) is 4.52 Å². The Hall–Kier alpha value is -1.03. The summed E-state index contributed by atoms with van der Waals surface area (Å²) in [5.41, 5.74) is 0.529. The molecule has 0 bridgehead atoms. The minimum atomic E-state index is -0.315. The second kappa shape index (κ2) is 4.46. The van der Waals surface area contributed by atoms with Crippen molar-refractivity contribution in [2.24, 2.45) is 0 Å². The van der Waals surface area contributed by atoms with Crippen molar-refractivity contribution in [1.29, 1.82) is 0 Å². The van der Waals surface area contributed by atoms with Crippen LogP contribution in [0, 0.1) is 6.92 Å². The average Bonchev–Trinajstić information content (AvgIpc) is 2.47. The summed E-state index contributed by atoms with van der Waals surface area (Å²) >= 11 is 5.81. The topological polar surface area (TPSA) is 55.1 Å². The van der Waals surface area contributed by atoms with E-state index in [-0.39, 0.29) is 22.7 Å². The van der Waals surface area contributed by atoms with Crippen LogP contribution in [0.3, 0.4) is 0 Å². The molecule has 0 aliphatic carbocycles. The molecule has 1 heterocycles. The van der Waals surface area contributed by atoms with Crippen LogP contribution in [0.5, 0.6) is 0 Å². The van der Waals surface area contributed by atoms with E-state index in [9.17, 15) is 4.79 Å². The summed E-state index contributed by atoms with van der Waals surface area (Å²) in [7, 11) is 0. The molecule has 0 aliphatic rings. The highest BCUT2D eigenvalue weighted by Gasteiger charge is 2.19. The predicted molar refractivity (Wildman–Crippen MR) is 53.5 cm³/mol. The zero-order valence-electron chi connectivity index (χ0n) is 8.43. The summed E-state index contributed by atoms with van der Waals surface area (Å²) in [6.45, 7) is 5.58. The molecule has 0 saturated heterocycles. The van der Waals surface area contributed by atoms with E-state index in [1.54, 1.807) is 6.92 Å². The molecule has 1 rings (SSSR count). The van der Waals surface area contributed by atoms with Gasteiger partial charge in [-0.05, 0) is 20.3 Å². The van der Waals surface area contributed by atoms with E-state index in [4.69, 9.17) is 16.1 Å². The van der Waals surface area contributed by atoms with Crippen molar-refractivity contribution in [3.05, 3.63) is 16.5 Å². The van der Waals surface area contributed by atoms with E-state index in [0.29, 0.717) is 5.69 Å². The van der Waals surface area contributed by atoms with E-state index in [1.807, 2.05) is 13.8 Å². The molecule has 5 heteroatoms. The van der Waals surface area contributed by atoms with Gasteiger partial charge in [0, 0.05) is 6.04 Å². The number of halogens is 1. The van der Waals surface area contributed by atoms with E-state index in [1.165, 1.54) is 0 Å². The predicted octanol–water partition coefficient (Wildman–Crippen LogP) is 2.16. The molecule has 0 fully saturated rings. The number of nitrogens with one attached hydrogen (secondary N) is 1. The first-order valence-corrected chi connectivity index (χ1v) is 4.86. The molecule has 0 spiro atoms. The van der Waals surface area contributed by atoms with Crippen molar-refractivity contribution in [3.8, 4) is 0 Å². The van der Waals surface area contributed by atoms with Crippen molar-refractivity contribution >= 4 is 17.5 Å². The first kappa shape index (κ1) is 11.0. The fourth-order valence-corrected chi connectivity index (χ4v) is 1.05. The fraction of sp³-hybridized carbons (Fsp3) is 0.556. The van der Waals surface area contributed by atoms with Gasteiger partial charge in [-0.3, -0.25) is 4.79 Å². The highest BCUT2D eigenvalue weighted by atomic mass is 35.5. The number of carbonyl (C=O) groups is 1. The monoisotopic (exact) mass is 216 g/mol. The fourth-order valence-electron chi connectivity index (χ4n) is 0.891. The molecule has 0 radical (unpaired) electrons. The van der Waals surface area contributed by atoms with Crippen LogP contribution in [0.2, 0.25) is 5.02 Å². The molecule has 1 unspecified atom stereocenters. The van der Waals surface area contributed by atoms with Crippen molar-refractivity contribution in [2.45, 2.75) is 33.2 Å². The lowest BCUT2D eigenvalue weighted by Crippen LogP contribution is -2.31. The standard InChI is InChI=1S/C9H13ClN2O2/c1-4-5(2)11-9(13)8-7(10)6(3)12-14-8/h5H,4H2,1-3H3,(H,11,13).